The Balaban J connectivity index is 0.000000236. The molecule has 0 heterocycles. The maximum atomic E-state index is 2.12. The van der Waals surface area contributed by atoms with Crippen molar-refractivity contribution in [3.8, 4) is 22.3 Å². The second-order valence-corrected chi connectivity index (χ2v) is 7.00. The van der Waals surface area contributed by atoms with E-state index in [1.165, 1.54) is 22.3 Å². The van der Waals surface area contributed by atoms with Gasteiger partial charge in [-0.25, -0.2) is 24.3 Å². The molecule has 0 bridgehead atoms. The summed E-state index contributed by atoms with van der Waals surface area (Å²) in [5.41, 5.74) is 5.17. The van der Waals surface area contributed by atoms with Gasteiger partial charge in [-0.05, 0) is 0 Å². The molecule has 0 saturated carbocycles. The van der Waals surface area contributed by atoms with E-state index in [0.29, 0.717) is 0 Å². The Hall–Kier alpha value is -3.12. The molecule has 0 aliphatic rings. The Morgan fingerprint density at radius 3 is 0.882 bits per heavy atom. The summed E-state index contributed by atoms with van der Waals surface area (Å²) in [4.78, 5) is 0. The van der Waals surface area contributed by atoms with Crippen LogP contribution in [0.15, 0.2) is 170 Å². The van der Waals surface area contributed by atoms with E-state index in [1.54, 1.807) is 0 Å². The molecule has 2 heteroatoms. The van der Waals surface area contributed by atoms with Crippen molar-refractivity contribution < 1.29 is 34.1 Å². The Bertz CT molecular complexity index is 989. The largest absolute Gasteiger partial charge is 2.00 e. The SMILES string of the molecule is [Fe+2].[Fe+2].c1cc[cH-]c1.c1cc[cH-]c1.c1ccc(-[c-]2cccc2)cc1.c1ccc(-[c-]2cccc2)cc1. The van der Waals surface area contributed by atoms with Gasteiger partial charge < -0.3 is 0 Å². The molecule has 6 aromatic carbocycles. The van der Waals surface area contributed by atoms with Crippen LogP contribution >= 0.6 is 0 Å². The molecule has 172 valence electrons. The van der Waals surface area contributed by atoms with E-state index in [4.69, 9.17) is 0 Å². The van der Waals surface area contributed by atoms with Crippen molar-refractivity contribution in [2.75, 3.05) is 0 Å². The minimum atomic E-state index is 0. The number of benzene rings is 2. The number of hydrogen-bond donors (Lipinski definition) is 0. The van der Waals surface area contributed by atoms with E-state index < -0.39 is 0 Å². The van der Waals surface area contributed by atoms with Gasteiger partial charge in [-0.3, -0.25) is 0 Å². The smallest absolute Gasteiger partial charge is 0.214 e. The van der Waals surface area contributed by atoms with Gasteiger partial charge in [0.05, 0.1) is 0 Å². The third-order valence-electron chi connectivity index (χ3n) is 4.65. The van der Waals surface area contributed by atoms with Crippen LogP contribution in [0.25, 0.3) is 22.3 Å². The predicted molar refractivity (Wildman–Crippen MR) is 139 cm³/mol. The van der Waals surface area contributed by atoms with Crippen molar-refractivity contribution in [2.24, 2.45) is 0 Å². The molecule has 0 unspecified atom stereocenters. The van der Waals surface area contributed by atoms with Crippen LogP contribution in [0.1, 0.15) is 0 Å². The van der Waals surface area contributed by atoms with Crippen LogP contribution in [0.2, 0.25) is 0 Å². The van der Waals surface area contributed by atoms with E-state index in [9.17, 15) is 0 Å². The van der Waals surface area contributed by atoms with Crippen LogP contribution in [0.4, 0.5) is 0 Å². The van der Waals surface area contributed by atoms with Crippen molar-refractivity contribution in [3.63, 3.8) is 0 Å². The normalized spacial score (nSPS) is 8.71. The summed E-state index contributed by atoms with van der Waals surface area (Å²) in [6.07, 6.45) is 0. The minimum absolute atomic E-state index is 0. The van der Waals surface area contributed by atoms with E-state index in [2.05, 4.69) is 97.1 Å². The molecule has 0 amide bonds. The van der Waals surface area contributed by atoms with Crippen LogP contribution in [0.3, 0.4) is 0 Å². The van der Waals surface area contributed by atoms with Crippen molar-refractivity contribution in [3.05, 3.63) is 170 Å². The summed E-state index contributed by atoms with van der Waals surface area (Å²) >= 11 is 0. The van der Waals surface area contributed by atoms with E-state index in [-0.39, 0.29) is 34.1 Å². The molecule has 0 fully saturated rings. The molecule has 0 nitrogen and oxygen atoms in total. The fourth-order valence-electron chi connectivity index (χ4n) is 3.04. The van der Waals surface area contributed by atoms with E-state index >= 15 is 0 Å². The average Bonchev–Trinajstić information content (AvgIpc) is 3.71. The van der Waals surface area contributed by atoms with Gasteiger partial charge in [0.1, 0.15) is 0 Å². The van der Waals surface area contributed by atoms with Crippen LogP contribution < -0.4 is 0 Å². The first-order valence-corrected chi connectivity index (χ1v) is 10.8. The Labute approximate surface area is 225 Å². The zero-order valence-electron chi connectivity index (χ0n) is 18.9. The molecule has 34 heavy (non-hydrogen) atoms. The monoisotopic (exact) mass is 524 g/mol. The molecule has 0 radical (unpaired) electrons. The average molecular weight is 524 g/mol. The fourth-order valence-corrected chi connectivity index (χ4v) is 3.04. The van der Waals surface area contributed by atoms with Gasteiger partial charge in [0.25, 0.3) is 0 Å². The Morgan fingerprint density at radius 2 is 0.647 bits per heavy atom. The quantitative estimate of drug-likeness (QED) is 0.157. The van der Waals surface area contributed by atoms with Crippen LogP contribution in [0, 0.1) is 0 Å². The second-order valence-electron chi connectivity index (χ2n) is 7.00. The summed E-state index contributed by atoms with van der Waals surface area (Å²) in [5, 5.41) is 0. The first-order chi connectivity index (χ1) is 15.9. The molecule has 0 aromatic heterocycles. The summed E-state index contributed by atoms with van der Waals surface area (Å²) in [7, 11) is 0. The molecule has 0 atom stereocenters. The minimum Gasteiger partial charge on any atom is -0.214 e. The van der Waals surface area contributed by atoms with Gasteiger partial charge in [0.15, 0.2) is 0 Å². The maximum Gasteiger partial charge on any atom is 2.00 e. The molecule has 0 N–H and O–H groups in total. The van der Waals surface area contributed by atoms with Crippen molar-refractivity contribution in [1.82, 2.24) is 0 Å². The first kappa shape index (κ1) is 28.9. The van der Waals surface area contributed by atoms with Gasteiger partial charge >= 0.3 is 34.1 Å². The topological polar surface area (TPSA) is 0 Å². The molecule has 0 aliphatic heterocycles. The summed E-state index contributed by atoms with van der Waals surface area (Å²) in [6.45, 7) is 0. The van der Waals surface area contributed by atoms with Gasteiger partial charge in [-0.15, -0.1) is 59.7 Å². The van der Waals surface area contributed by atoms with Crippen molar-refractivity contribution >= 4 is 0 Å². The third-order valence-corrected chi connectivity index (χ3v) is 4.65. The van der Waals surface area contributed by atoms with Gasteiger partial charge in [0, 0.05) is 0 Å². The molecule has 6 aromatic rings. The van der Waals surface area contributed by atoms with E-state index in [1.807, 2.05) is 72.8 Å². The maximum absolute atomic E-state index is 2.12. The molecule has 0 saturated heterocycles. The zero-order chi connectivity index (χ0) is 22.1. The second kappa shape index (κ2) is 18.3. The van der Waals surface area contributed by atoms with Crippen LogP contribution in [-0.2, 0) is 34.1 Å². The van der Waals surface area contributed by atoms with Gasteiger partial charge in [-0.1, -0.05) is 47.5 Å². The number of hydrogen-bond acceptors (Lipinski definition) is 0. The van der Waals surface area contributed by atoms with E-state index in [0.717, 1.165) is 0 Å². The first-order valence-electron chi connectivity index (χ1n) is 10.8. The Kier molecular flexibility index (Phi) is 15.6. The fraction of sp³-hybridized carbons (Fsp3) is 0. The summed E-state index contributed by atoms with van der Waals surface area (Å²) < 4.78 is 0. The zero-order valence-corrected chi connectivity index (χ0v) is 21.1. The van der Waals surface area contributed by atoms with Crippen LogP contribution in [0.5, 0.6) is 0 Å². The molecule has 0 spiro atoms. The molecular formula is C32H28Fe2. The summed E-state index contributed by atoms with van der Waals surface area (Å²) in [5.74, 6) is 0. The Morgan fingerprint density at radius 1 is 0.353 bits per heavy atom. The summed E-state index contributed by atoms with van der Waals surface area (Å²) in [6, 6.07) is 57.5. The number of rotatable bonds is 2. The standard InChI is InChI=1S/2C11H9.2C5H5.2Fe/c2*1-2-6-10(7-3-1)11-8-4-5-9-11;2*1-2-4-5-3-1;;/h2*1-9H;2*1-5H;;/q4*-1;2*+2. The van der Waals surface area contributed by atoms with Crippen molar-refractivity contribution in [1.29, 1.82) is 0 Å². The predicted octanol–water partition coefficient (Wildman–Crippen LogP) is 8.95. The van der Waals surface area contributed by atoms with Gasteiger partial charge in [0.2, 0.25) is 0 Å². The van der Waals surface area contributed by atoms with Crippen LogP contribution in [-0.4, -0.2) is 0 Å². The van der Waals surface area contributed by atoms with Gasteiger partial charge in [-0.2, -0.15) is 60.7 Å². The molecule has 0 aliphatic carbocycles. The molecular weight excluding hydrogens is 496 g/mol. The molecule has 6 rings (SSSR count). The van der Waals surface area contributed by atoms with Crippen molar-refractivity contribution in [2.45, 2.75) is 0 Å². The third kappa shape index (κ3) is 11.1.